The minimum atomic E-state index is 0.158. The predicted molar refractivity (Wildman–Crippen MR) is 62.8 cm³/mol. The average Bonchev–Trinajstić information content (AvgIpc) is 2.26. The highest BCUT2D eigenvalue weighted by molar-refractivity contribution is 7.99. The van der Waals surface area contributed by atoms with Crippen molar-refractivity contribution in [1.82, 2.24) is 0 Å². The molecule has 0 fully saturated rings. The van der Waals surface area contributed by atoms with Gasteiger partial charge in [0.15, 0.2) is 0 Å². The van der Waals surface area contributed by atoms with Crippen molar-refractivity contribution in [2.24, 2.45) is 5.92 Å². The summed E-state index contributed by atoms with van der Waals surface area (Å²) in [5.41, 5.74) is 0. The van der Waals surface area contributed by atoms with Crippen LogP contribution in [0.15, 0.2) is 29.2 Å². The zero-order chi connectivity index (χ0) is 11.1. The molecule has 0 aromatic heterocycles. The van der Waals surface area contributed by atoms with Gasteiger partial charge in [0.2, 0.25) is 0 Å². The van der Waals surface area contributed by atoms with E-state index in [4.69, 9.17) is 10.4 Å². The van der Waals surface area contributed by atoms with Gasteiger partial charge in [-0.05, 0) is 49.8 Å². The Morgan fingerprint density at radius 2 is 2.07 bits per heavy atom. The minimum Gasteiger partial charge on any atom is -0.508 e. The number of rotatable bonds is 5. The van der Waals surface area contributed by atoms with E-state index in [0.717, 1.165) is 23.5 Å². The first-order valence-electron chi connectivity index (χ1n) is 5.04. The van der Waals surface area contributed by atoms with Gasteiger partial charge >= 0.3 is 0 Å². The number of phenols is 1. The van der Waals surface area contributed by atoms with Gasteiger partial charge in [-0.25, -0.2) is 0 Å². The molecule has 0 saturated heterocycles. The van der Waals surface area contributed by atoms with Crippen LogP contribution in [0.4, 0.5) is 0 Å². The number of nitriles is 1. The van der Waals surface area contributed by atoms with Crippen LogP contribution in [0.25, 0.3) is 0 Å². The van der Waals surface area contributed by atoms with E-state index in [1.807, 2.05) is 19.1 Å². The standard InChI is InChI=1S/C12H15NOS/c1-10(9-13)3-2-8-15-12-6-4-11(14)5-7-12/h4-7,10,14H,2-3,8H2,1H3. The van der Waals surface area contributed by atoms with Crippen LogP contribution >= 0.6 is 11.8 Å². The van der Waals surface area contributed by atoms with Crippen molar-refractivity contribution in [3.63, 3.8) is 0 Å². The van der Waals surface area contributed by atoms with Crippen molar-refractivity contribution in [3.8, 4) is 11.8 Å². The van der Waals surface area contributed by atoms with Gasteiger partial charge in [-0.1, -0.05) is 0 Å². The Balaban J connectivity index is 2.21. The Morgan fingerprint density at radius 1 is 1.40 bits per heavy atom. The van der Waals surface area contributed by atoms with Gasteiger partial charge in [0.25, 0.3) is 0 Å². The van der Waals surface area contributed by atoms with E-state index in [9.17, 15) is 0 Å². The maximum absolute atomic E-state index is 9.09. The lowest BCUT2D eigenvalue weighted by atomic mass is 10.1. The Hall–Kier alpha value is -1.14. The smallest absolute Gasteiger partial charge is 0.115 e. The Labute approximate surface area is 94.9 Å². The summed E-state index contributed by atoms with van der Waals surface area (Å²) in [5.74, 6) is 1.49. The average molecular weight is 221 g/mol. The number of phenolic OH excluding ortho intramolecular Hbond substituents is 1. The summed E-state index contributed by atoms with van der Waals surface area (Å²) in [4.78, 5) is 1.16. The molecule has 3 heteroatoms. The van der Waals surface area contributed by atoms with Gasteiger partial charge in [0.1, 0.15) is 5.75 Å². The molecule has 15 heavy (non-hydrogen) atoms. The van der Waals surface area contributed by atoms with Gasteiger partial charge in [-0.15, -0.1) is 11.8 Å². The topological polar surface area (TPSA) is 44.0 Å². The zero-order valence-electron chi connectivity index (χ0n) is 8.81. The monoisotopic (exact) mass is 221 g/mol. The number of hydrogen-bond donors (Lipinski definition) is 1. The molecule has 1 aromatic rings. The molecule has 1 rings (SSSR count). The highest BCUT2D eigenvalue weighted by atomic mass is 32.2. The summed E-state index contributed by atoms with van der Waals surface area (Å²) in [6.07, 6.45) is 2.02. The molecule has 1 aromatic carbocycles. The molecule has 0 spiro atoms. The lowest BCUT2D eigenvalue weighted by Crippen LogP contribution is -1.90. The van der Waals surface area contributed by atoms with Crippen LogP contribution in [-0.4, -0.2) is 10.9 Å². The number of thioether (sulfide) groups is 1. The lowest BCUT2D eigenvalue weighted by Gasteiger charge is -2.03. The summed E-state index contributed by atoms with van der Waals surface area (Å²) in [7, 11) is 0. The molecule has 80 valence electrons. The minimum absolute atomic E-state index is 0.158. The van der Waals surface area contributed by atoms with Crippen LogP contribution in [0, 0.1) is 17.2 Å². The summed E-state index contributed by atoms with van der Waals surface area (Å²) in [6, 6.07) is 9.44. The first-order chi connectivity index (χ1) is 7.22. The normalized spacial score (nSPS) is 12.0. The third-order valence-corrected chi connectivity index (χ3v) is 3.21. The molecule has 0 aliphatic heterocycles. The highest BCUT2D eigenvalue weighted by Crippen LogP contribution is 2.22. The number of aromatic hydroxyl groups is 1. The van der Waals surface area contributed by atoms with E-state index < -0.39 is 0 Å². The molecular weight excluding hydrogens is 206 g/mol. The van der Waals surface area contributed by atoms with Crippen LogP contribution in [0.3, 0.4) is 0 Å². The van der Waals surface area contributed by atoms with Crippen molar-refractivity contribution in [2.75, 3.05) is 5.75 Å². The fourth-order valence-electron chi connectivity index (χ4n) is 1.19. The van der Waals surface area contributed by atoms with Crippen LogP contribution < -0.4 is 0 Å². The van der Waals surface area contributed by atoms with E-state index in [1.165, 1.54) is 0 Å². The maximum atomic E-state index is 9.09. The van der Waals surface area contributed by atoms with Crippen LogP contribution in [0.2, 0.25) is 0 Å². The Kier molecular flexibility index (Phi) is 5.06. The second kappa shape index (κ2) is 6.36. The third-order valence-electron chi connectivity index (χ3n) is 2.11. The second-order valence-corrected chi connectivity index (χ2v) is 4.68. The van der Waals surface area contributed by atoms with E-state index in [0.29, 0.717) is 5.75 Å². The van der Waals surface area contributed by atoms with Crippen LogP contribution in [-0.2, 0) is 0 Å². The molecule has 0 aliphatic rings. The van der Waals surface area contributed by atoms with Gasteiger partial charge in [0.05, 0.1) is 6.07 Å². The quantitative estimate of drug-likeness (QED) is 0.612. The van der Waals surface area contributed by atoms with Crippen molar-refractivity contribution < 1.29 is 5.11 Å². The fourth-order valence-corrected chi connectivity index (χ4v) is 2.06. The van der Waals surface area contributed by atoms with Gasteiger partial charge in [-0.3, -0.25) is 0 Å². The summed E-state index contributed by atoms with van der Waals surface area (Å²) in [5, 5.41) is 17.7. The van der Waals surface area contributed by atoms with Crippen molar-refractivity contribution >= 4 is 11.8 Å². The molecule has 0 saturated carbocycles. The number of hydrogen-bond acceptors (Lipinski definition) is 3. The van der Waals surface area contributed by atoms with Gasteiger partial charge in [-0.2, -0.15) is 5.26 Å². The molecule has 0 radical (unpaired) electrons. The molecule has 0 heterocycles. The lowest BCUT2D eigenvalue weighted by molar-refractivity contribution is 0.475. The zero-order valence-corrected chi connectivity index (χ0v) is 9.63. The van der Waals surface area contributed by atoms with Gasteiger partial charge in [0, 0.05) is 10.8 Å². The highest BCUT2D eigenvalue weighted by Gasteiger charge is 1.99. The fraction of sp³-hybridized carbons (Fsp3) is 0.417. The molecule has 2 nitrogen and oxygen atoms in total. The first-order valence-corrected chi connectivity index (χ1v) is 6.02. The van der Waals surface area contributed by atoms with Crippen LogP contribution in [0.1, 0.15) is 19.8 Å². The molecular formula is C12H15NOS. The van der Waals surface area contributed by atoms with E-state index >= 15 is 0 Å². The molecule has 0 bridgehead atoms. The van der Waals surface area contributed by atoms with E-state index in [1.54, 1.807) is 23.9 Å². The van der Waals surface area contributed by atoms with Gasteiger partial charge < -0.3 is 5.11 Å². The number of benzene rings is 1. The summed E-state index contributed by atoms with van der Waals surface area (Å²) in [6.45, 7) is 1.95. The molecule has 1 N–H and O–H groups in total. The first kappa shape index (κ1) is 11.9. The molecule has 0 aliphatic carbocycles. The molecule has 1 atom stereocenters. The van der Waals surface area contributed by atoms with Crippen molar-refractivity contribution in [1.29, 1.82) is 5.26 Å². The largest absolute Gasteiger partial charge is 0.508 e. The second-order valence-electron chi connectivity index (χ2n) is 3.51. The predicted octanol–water partition coefficient (Wildman–Crippen LogP) is 3.42. The Bertz CT molecular complexity index is 328. The molecule has 0 amide bonds. The van der Waals surface area contributed by atoms with Crippen molar-refractivity contribution in [2.45, 2.75) is 24.7 Å². The van der Waals surface area contributed by atoms with Crippen LogP contribution in [0.5, 0.6) is 5.75 Å². The maximum Gasteiger partial charge on any atom is 0.115 e. The SMILES string of the molecule is CC(C#N)CCCSc1ccc(O)cc1. The van der Waals surface area contributed by atoms with E-state index in [-0.39, 0.29) is 5.92 Å². The summed E-state index contributed by atoms with van der Waals surface area (Å²) < 4.78 is 0. The number of nitrogens with zero attached hydrogens (tertiary/aromatic N) is 1. The summed E-state index contributed by atoms with van der Waals surface area (Å²) >= 11 is 1.76. The van der Waals surface area contributed by atoms with Crippen molar-refractivity contribution in [3.05, 3.63) is 24.3 Å². The third kappa shape index (κ3) is 4.75. The Morgan fingerprint density at radius 3 is 2.67 bits per heavy atom. The van der Waals surface area contributed by atoms with E-state index in [2.05, 4.69) is 6.07 Å². The molecule has 1 unspecified atom stereocenters.